The summed E-state index contributed by atoms with van der Waals surface area (Å²) in [6.07, 6.45) is 0.156. The molecule has 0 saturated carbocycles. The van der Waals surface area contributed by atoms with Gasteiger partial charge in [0.1, 0.15) is 11.6 Å². The van der Waals surface area contributed by atoms with Crippen molar-refractivity contribution in [2.75, 3.05) is 13.1 Å². The average Bonchev–Trinajstić information content (AvgIpc) is 2.70. The maximum Gasteiger partial charge on any atom is 0.408 e. The van der Waals surface area contributed by atoms with Gasteiger partial charge in [-0.1, -0.05) is 18.6 Å². The van der Waals surface area contributed by atoms with E-state index in [-0.39, 0.29) is 13.1 Å². The van der Waals surface area contributed by atoms with Crippen LogP contribution >= 0.6 is 0 Å². The van der Waals surface area contributed by atoms with Gasteiger partial charge in [0.05, 0.1) is 11.3 Å². The Kier molecular flexibility index (Phi) is 10.9. The number of nitrogens with one attached hydrogen (secondary N) is 3. The summed E-state index contributed by atoms with van der Waals surface area (Å²) in [6, 6.07) is 3.85. The number of rotatable bonds is 13. The Balaban J connectivity index is 2.44. The standard InChI is InChI=1S/C20H31N5O8S/c1-20(2,3)33-19(28)24-14(13-17(21)26)18(27)22-11-7-4-8-12-23-34(31,32)16-10-6-5-9-15(16)25(29)30/h5-6,9-10,14,23H,4,7-8,11-13H2,1-3H3,(H2,21,26)(H,22,27)(H,24,28)/t14-/m0/s1. The molecular weight excluding hydrogens is 470 g/mol. The zero-order chi connectivity index (χ0) is 25.9. The van der Waals surface area contributed by atoms with Crippen molar-refractivity contribution in [1.29, 1.82) is 0 Å². The number of ether oxygens (including phenoxy) is 1. The van der Waals surface area contributed by atoms with E-state index in [1.165, 1.54) is 12.1 Å². The summed E-state index contributed by atoms with van der Waals surface area (Å²) in [5.41, 5.74) is 3.84. The number of sulfonamides is 1. The zero-order valence-corrected chi connectivity index (χ0v) is 20.1. The molecule has 5 N–H and O–H groups in total. The van der Waals surface area contributed by atoms with Gasteiger partial charge in [-0.15, -0.1) is 0 Å². The topological polar surface area (TPSA) is 200 Å². The number of hydrogen-bond donors (Lipinski definition) is 4. The summed E-state index contributed by atoms with van der Waals surface area (Å²) in [5, 5.41) is 15.9. The maximum absolute atomic E-state index is 12.3. The Morgan fingerprint density at radius 1 is 1.12 bits per heavy atom. The summed E-state index contributed by atoms with van der Waals surface area (Å²) < 4.78 is 32.0. The number of carbonyl (C=O) groups excluding carboxylic acids is 3. The fraction of sp³-hybridized carbons (Fsp3) is 0.550. The van der Waals surface area contributed by atoms with Crippen LogP contribution in [0.2, 0.25) is 0 Å². The largest absolute Gasteiger partial charge is 0.444 e. The van der Waals surface area contributed by atoms with E-state index < -0.39 is 61.5 Å². The molecule has 0 heterocycles. The minimum atomic E-state index is -4.05. The lowest BCUT2D eigenvalue weighted by atomic mass is 10.1. The first-order chi connectivity index (χ1) is 15.7. The molecule has 0 aliphatic carbocycles. The van der Waals surface area contributed by atoms with E-state index in [9.17, 15) is 32.9 Å². The molecule has 0 aromatic heterocycles. The number of benzene rings is 1. The Hall–Kier alpha value is -3.26. The number of para-hydroxylation sites is 1. The van der Waals surface area contributed by atoms with E-state index in [1.54, 1.807) is 20.8 Å². The number of unbranched alkanes of at least 4 members (excludes halogenated alkanes) is 2. The molecule has 1 rings (SSSR count). The fourth-order valence-electron chi connectivity index (χ4n) is 2.74. The SMILES string of the molecule is CC(C)(C)OC(=O)N[C@@H](CC(N)=O)C(=O)NCCCCCNS(=O)(=O)c1ccccc1[N+](=O)[O-]. The molecule has 1 aromatic rings. The highest BCUT2D eigenvalue weighted by Crippen LogP contribution is 2.22. The number of amides is 3. The van der Waals surface area contributed by atoms with Crippen LogP contribution in [0.25, 0.3) is 0 Å². The van der Waals surface area contributed by atoms with Crippen LogP contribution in [-0.2, 0) is 24.3 Å². The highest BCUT2D eigenvalue weighted by molar-refractivity contribution is 7.89. The van der Waals surface area contributed by atoms with Crippen LogP contribution in [0.4, 0.5) is 10.5 Å². The van der Waals surface area contributed by atoms with Gasteiger partial charge >= 0.3 is 6.09 Å². The molecule has 13 nitrogen and oxygen atoms in total. The number of nitro groups is 1. The van der Waals surface area contributed by atoms with Crippen molar-refractivity contribution < 1.29 is 32.5 Å². The first-order valence-electron chi connectivity index (χ1n) is 10.5. The number of primary amides is 1. The van der Waals surface area contributed by atoms with Crippen LogP contribution < -0.4 is 21.1 Å². The quantitative estimate of drug-likeness (QED) is 0.174. The van der Waals surface area contributed by atoms with Crippen LogP contribution in [0.15, 0.2) is 29.2 Å². The van der Waals surface area contributed by atoms with Crippen molar-refractivity contribution in [2.45, 2.75) is 63.0 Å². The molecule has 0 spiro atoms. The first kappa shape index (κ1) is 28.8. The number of hydrogen-bond acceptors (Lipinski definition) is 8. The van der Waals surface area contributed by atoms with Crippen molar-refractivity contribution in [2.24, 2.45) is 5.73 Å². The highest BCUT2D eigenvalue weighted by Gasteiger charge is 2.26. The number of alkyl carbamates (subject to hydrolysis) is 1. The van der Waals surface area contributed by atoms with Crippen molar-refractivity contribution in [3.8, 4) is 0 Å². The van der Waals surface area contributed by atoms with Crippen molar-refractivity contribution in [1.82, 2.24) is 15.4 Å². The third-order valence-electron chi connectivity index (χ3n) is 4.21. The molecular formula is C20H31N5O8S. The van der Waals surface area contributed by atoms with E-state index in [2.05, 4.69) is 15.4 Å². The average molecular weight is 502 g/mol. The Morgan fingerprint density at radius 3 is 2.32 bits per heavy atom. The molecule has 0 bridgehead atoms. The molecule has 34 heavy (non-hydrogen) atoms. The van der Waals surface area contributed by atoms with E-state index >= 15 is 0 Å². The minimum absolute atomic E-state index is 0.0484. The van der Waals surface area contributed by atoms with Crippen LogP contribution in [0.1, 0.15) is 46.5 Å². The fourth-order valence-corrected chi connectivity index (χ4v) is 3.99. The molecule has 0 saturated heterocycles. The Labute approximate surface area is 198 Å². The lowest BCUT2D eigenvalue weighted by Crippen LogP contribution is -2.50. The normalized spacial score (nSPS) is 12.4. The van der Waals surface area contributed by atoms with Crippen LogP contribution in [-0.4, -0.2) is 56.0 Å². The van der Waals surface area contributed by atoms with Gasteiger partial charge in [0.15, 0.2) is 4.90 Å². The molecule has 1 aromatic carbocycles. The minimum Gasteiger partial charge on any atom is -0.444 e. The van der Waals surface area contributed by atoms with Crippen molar-refractivity contribution in [3.63, 3.8) is 0 Å². The van der Waals surface area contributed by atoms with E-state index in [1.807, 2.05) is 0 Å². The van der Waals surface area contributed by atoms with E-state index in [0.29, 0.717) is 19.3 Å². The molecule has 14 heteroatoms. The van der Waals surface area contributed by atoms with Gasteiger partial charge in [-0.2, -0.15) is 0 Å². The zero-order valence-electron chi connectivity index (χ0n) is 19.3. The molecule has 0 unspecified atom stereocenters. The van der Waals surface area contributed by atoms with Gasteiger partial charge < -0.3 is 21.1 Å². The summed E-state index contributed by atoms with van der Waals surface area (Å²) in [7, 11) is -4.05. The monoisotopic (exact) mass is 501 g/mol. The molecule has 1 atom stereocenters. The second-order valence-electron chi connectivity index (χ2n) is 8.34. The van der Waals surface area contributed by atoms with Gasteiger partial charge in [-0.05, 0) is 39.7 Å². The number of nitrogens with zero attached hydrogens (tertiary/aromatic N) is 1. The molecule has 0 aliphatic heterocycles. The molecule has 3 amide bonds. The van der Waals surface area contributed by atoms with Crippen LogP contribution in [0.3, 0.4) is 0 Å². The predicted molar refractivity (Wildman–Crippen MR) is 122 cm³/mol. The van der Waals surface area contributed by atoms with Gasteiger partial charge in [0, 0.05) is 19.2 Å². The summed E-state index contributed by atoms with van der Waals surface area (Å²) in [4.78, 5) is 45.3. The third kappa shape index (κ3) is 10.6. The predicted octanol–water partition coefficient (Wildman–Crippen LogP) is 0.928. The van der Waals surface area contributed by atoms with Crippen LogP contribution in [0.5, 0.6) is 0 Å². The maximum atomic E-state index is 12.3. The molecule has 0 radical (unpaired) electrons. The summed E-state index contributed by atoms with van der Waals surface area (Å²) >= 11 is 0. The number of nitro benzene ring substituents is 1. The van der Waals surface area contributed by atoms with E-state index in [4.69, 9.17) is 10.5 Å². The molecule has 0 aliphatic rings. The first-order valence-corrected chi connectivity index (χ1v) is 12.0. The second kappa shape index (κ2) is 12.8. The highest BCUT2D eigenvalue weighted by atomic mass is 32.2. The van der Waals surface area contributed by atoms with Gasteiger partial charge in [0.25, 0.3) is 5.69 Å². The number of carbonyl (C=O) groups is 3. The second-order valence-corrected chi connectivity index (χ2v) is 10.1. The molecule has 190 valence electrons. The van der Waals surface area contributed by atoms with Crippen LogP contribution in [0, 0.1) is 10.1 Å². The van der Waals surface area contributed by atoms with Gasteiger partial charge in [-0.3, -0.25) is 19.7 Å². The van der Waals surface area contributed by atoms with E-state index in [0.717, 1.165) is 12.1 Å². The summed E-state index contributed by atoms with van der Waals surface area (Å²) in [6.45, 7) is 5.21. The number of nitrogens with two attached hydrogens (primary N) is 1. The summed E-state index contributed by atoms with van der Waals surface area (Å²) in [5.74, 6) is -1.39. The van der Waals surface area contributed by atoms with Crippen molar-refractivity contribution >= 4 is 33.6 Å². The van der Waals surface area contributed by atoms with Crippen molar-refractivity contribution in [3.05, 3.63) is 34.4 Å². The van der Waals surface area contributed by atoms with Gasteiger partial charge in [-0.25, -0.2) is 17.9 Å². The van der Waals surface area contributed by atoms with Gasteiger partial charge in [0.2, 0.25) is 21.8 Å². The lowest BCUT2D eigenvalue weighted by molar-refractivity contribution is -0.387. The molecule has 0 fully saturated rings. The Morgan fingerprint density at radius 2 is 1.74 bits per heavy atom. The Bertz CT molecular complexity index is 991. The lowest BCUT2D eigenvalue weighted by Gasteiger charge is -2.22. The third-order valence-corrected chi connectivity index (χ3v) is 5.72. The smallest absolute Gasteiger partial charge is 0.408 e.